The van der Waals surface area contributed by atoms with Crippen LogP contribution < -0.4 is 4.72 Å². The van der Waals surface area contributed by atoms with Crippen LogP contribution >= 0.6 is 0 Å². The fraction of sp³-hybridized carbons (Fsp3) is 0.375. The molecule has 4 nitrogen and oxygen atoms in total. The van der Waals surface area contributed by atoms with Crippen LogP contribution in [-0.2, 0) is 10.2 Å². The first-order chi connectivity index (χ1) is 9.99. The smallest absolute Gasteiger partial charge is 0.195 e. The summed E-state index contributed by atoms with van der Waals surface area (Å²) in [5.74, 6) is 0. The van der Waals surface area contributed by atoms with E-state index in [1.807, 2.05) is 63.2 Å². The van der Waals surface area contributed by atoms with E-state index in [0.29, 0.717) is 13.1 Å². The Bertz CT molecular complexity index is 704. The molecular weight excluding hydrogens is 284 g/mol. The minimum atomic E-state index is -3.46. The summed E-state index contributed by atoms with van der Waals surface area (Å²) in [6, 6.07) is 13.7. The predicted octanol–water partition coefficient (Wildman–Crippen LogP) is 3.08. The molecule has 1 N–H and O–H groups in total. The van der Waals surface area contributed by atoms with Gasteiger partial charge in [-0.25, -0.2) is 0 Å². The van der Waals surface area contributed by atoms with Gasteiger partial charge in [-0.3, -0.25) is 0 Å². The largest absolute Gasteiger partial charge is 0.279 e. The lowest BCUT2D eigenvalue weighted by atomic mass is 10.0. The molecule has 0 saturated carbocycles. The van der Waals surface area contributed by atoms with Gasteiger partial charge in [-0.2, -0.15) is 17.4 Å². The zero-order valence-electron chi connectivity index (χ0n) is 12.7. The van der Waals surface area contributed by atoms with Gasteiger partial charge in [-0.1, -0.05) is 56.3 Å². The summed E-state index contributed by atoms with van der Waals surface area (Å²) in [5, 5.41) is 2.19. The minimum Gasteiger partial charge on any atom is -0.195 e. The first kappa shape index (κ1) is 15.9. The molecule has 0 amide bonds. The second kappa shape index (κ2) is 6.56. The third-order valence-corrected chi connectivity index (χ3v) is 5.51. The van der Waals surface area contributed by atoms with Gasteiger partial charge < -0.3 is 0 Å². The molecule has 0 radical (unpaired) electrons. The minimum absolute atomic E-state index is 0.276. The number of rotatable bonds is 6. The Balaban J connectivity index is 2.33. The van der Waals surface area contributed by atoms with E-state index in [4.69, 9.17) is 0 Å². The van der Waals surface area contributed by atoms with Gasteiger partial charge in [0.2, 0.25) is 0 Å². The van der Waals surface area contributed by atoms with Crippen LogP contribution in [0.2, 0.25) is 0 Å². The molecule has 0 aliphatic rings. The van der Waals surface area contributed by atoms with Gasteiger partial charge in [0.15, 0.2) is 0 Å². The highest BCUT2D eigenvalue weighted by Gasteiger charge is 2.22. The highest BCUT2D eigenvalue weighted by molar-refractivity contribution is 7.87. The molecule has 0 fully saturated rings. The maximum atomic E-state index is 12.3. The summed E-state index contributed by atoms with van der Waals surface area (Å²) in [7, 11) is -3.46. The van der Waals surface area contributed by atoms with E-state index in [2.05, 4.69) is 4.72 Å². The molecule has 5 heteroatoms. The second-order valence-corrected chi connectivity index (χ2v) is 6.70. The molecule has 2 aromatic rings. The van der Waals surface area contributed by atoms with Gasteiger partial charge >= 0.3 is 0 Å². The number of fused-ring (bicyclic) bond motifs is 1. The van der Waals surface area contributed by atoms with Gasteiger partial charge in [0.25, 0.3) is 10.2 Å². The fourth-order valence-electron chi connectivity index (χ4n) is 2.55. The van der Waals surface area contributed by atoms with Gasteiger partial charge in [0.1, 0.15) is 0 Å². The molecule has 0 aliphatic carbocycles. The average molecular weight is 306 g/mol. The van der Waals surface area contributed by atoms with E-state index < -0.39 is 10.2 Å². The van der Waals surface area contributed by atoms with Crippen LogP contribution in [0.25, 0.3) is 10.8 Å². The van der Waals surface area contributed by atoms with Crippen LogP contribution in [-0.4, -0.2) is 25.8 Å². The first-order valence-electron chi connectivity index (χ1n) is 7.24. The molecular formula is C16H22N2O2S. The van der Waals surface area contributed by atoms with E-state index in [1.54, 1.807) is 0 Å². The van der Waals surface area contributed by atoms with Crippen molar-refractivity contribution in [2.75, 3.05) is 13.1 Å². The van der Waals surface area contributed by atoms with Crippen molar-refractivity contribution in [3.63, 3.8) is 0 Å². The summed E-state index contributed by atoms with van der Waals surface area (Å²) in [6.07, 6.45) is 0. The van der Waals surface area contributed by atoms with Gasteiger partial charge in [-0.05, 0) is 23.3 Å². The van der Waals surface area contributed by atoms with Crippen molar-refractivity contribution < 1.29 is 8.42 Å². The predicted molar refractivity (Wildman–Crippen MR) is 87.3 cm³/mol. The summed E-state index contributed by atoms with van der Waals surface area (Å²) in [6.45, 7) is 6.49. The van der Waals surface area contributed by atoms with Crippen molar-refractivity contribution >= 4 is 21.0 Å². The molecule has 21 heavy (non-hydrogen) atoms. The molecule has 2 rings (SSSR count). The molecule has 0 saturated heterocycles. The van der Waals surface area contributed by atoms with Crippen LogP contribution in [0.1, 0.15) is 32.4 Å². The standard InChI is InChI=1S/C16H22N2O2S/c1-4-18(5-2)21(19,20)17-13(3)15-12-8-10-14-9-6-7-11-16(14)15/h6-13,17H,4-5H2,1-3H3/t13-/m1/s1. The number of hydrogen-bond donors (Lipinski definition) is 1. The molecule has 0 unspecified atom stereocenters. The van der Waals surface area contributed by atoms with E-state index in [9.17, 15) is 8.42 Å². The third-order valence-electron chi connectivity index (χ3n) is 3.66. The topological polar surface area (TPSA) is 49.4 Å². The maximum absolute atomic E-state index is 12.3. The van der Waals surface area contributed by atoms with Crippen LogP contribution in [0.3, 0.4) is 0 Å². The molecule has 114 valence electrons. The Hall–Kier alpha value is -1.43. The number of hydrogen-bond acceptors (Lipinski definition) is 2. The van der Waals surface area contributed by atoms with Crippen LogP contribution in [0.5, 0.6) is 0 Å². The quantitative estimate of drug-likeness (QED) is 0.891. The lowest BCUT2D eigenvalue weighted by Crippen LogP contribution is -2.41. The van der Waals surface area contributed by atoms with Crippen LogP contribution in [0, 0.1) is 0 Å². The molecule has 2 aromatic carbocycles. The van der Waals surface area contributed by atoms with E-state index >= 15 is 0 Å². The molecule has 0 aliphatic heterocycles. The van der Waals surface area contributed by atoms with Gasteiger partial charge in [0.05, 0.1) is 0 Å². The Kier molecular flexibility index (Phi) is 4.98. The summed E-state index contributed by atoms with van der Waals surface area (Å²) >= 11 is 0. The number of nitrogens with zero attached hydrogens (tertiary/aromatic N) is 1. The normalized spacial score (nSPS) is 13.7. The Morgan fingerprint density at radius 2 is 1.67 bits per heavy atom. The second-order valence-electron chi connectivity index (χ2n) is 5.00. The van der Waals surface area contributed by atoms with Crippen LogP contribution in [0.4, 0.5) is 0 Å². The highest BCUT2D eigenvalue weighted by atomic mass is 32.2. The third kappa shape index (κ3) is 3.43. The van der Waals surface area contributed by atoms with Crippen LogP contribution in [0.15, 0.2) is 42.5 Å². The number of benzene rings is 2. The summed E-state index contributed by atoms with van der Waals surface area (Å²) in [5.41, 5.74) is 0.990. The first-order valence-corrected chi connectivity index (χ1v) is 8.68. The van der Waals surface area contributed by atoms with E-state index in [0.717, 1.165) is 16.3 Å². The monoisotopic (exact) mass is 306 g/mol. The van der Waals surface area contributed by atoms with Crippen molar-refractivity contribution in [1.29, 1.82) is 0 Å². The van der Waals surface area contributed by atoms with E-state index in [1.165, 1.54) is 4.31 Å². The molecule has 0 aromatic heterocycles. The lowest BCUT2D eigenvalue weighted by molar-refractivity contribution is 0.429. The molecule has 0 spiro atoms. The summed E-state index contributed by atoms with van der Waals surface area (Å²) in [4.78, 5) is 0. The van der Waals surface area contributed by atoms with Crippen molar-refractivity contribution in [3.05, 3.63) is 48.0 Å². The van der Waals surface area contributed by atoms with Crippen molar-refractivity contribution in [1.82, 2.24) is 9.03 Å². The van der Waals surface area contributed by atoms with Crippen molar-refractivity contribution in [3.8, 4) is 0 Å². The van der Waals surface area contributed by atoms with Gasteiger partial charge in [0, 0.05) is 19.1 Å². The van der Waals surface area contributed by atoms with Crippen molar-refractivity contribution in [2.45, 2.75) is 26.8 Å². The average Bonchev–Trinajstić information content (AvgIpc) is 2.47. The van der Waals surface area contributed by atoms with Gasteiger partial charge in [-0.15, -0.1) is 0 Å². The zero-order valence-corrected chi connectivity index (χ0v) is 13.5. The molecule has 0 heterocycles. The highest BCUT2D eigenvalue weighted by Crippen LogP contribution is 2.24. The molecule has 1 atom stereocenters. The fourth-order valence-corrected chi connectivity index (χ4v) is 3.96. The summed E-state index contributed by atoms with van der Waals surface area (Å²) < 4.78 is 28.8. The van der Waals surface area contributed by atoms with Crippen molar-refractivity contribution in [2.24, 2.45) is 0 Å². The lowest BCUT2D eigenvalue weighted by Gasteiger charge is -2.23. The zero-order chi connectivity index (χ0) is 15.5. The molecule has 0 bridgehead atoms. The SMILES string of the molecule is CCN(CC)S(=O)(=O)N[C@H](C)c1cccc2ccccc12. The Labute approximate surface area is 127 Å². The number of nitrogens with one attached hydrogen (secondary N) is 1. The maximum Gasteiger partial charge on any atom is 0.279 e. The van der Waals surface area contributed by atoms with E-state index in [-0.39, 0.29) is 6.04 Å². The Morgan fingerprint density at radius 3 is 2.33 bits per heavy atom. The Morgan fingerprint density at radius 1 is 1.05 bits per heavy atom.